The summed E-state index contributed by atoms with van der Waals surface area (Å²) >= 11 is 0. The summed E-state index contributed by atoms with van der Waals surface area (Å²) in [4.78, 5) is 43.0. The smallest absolute Gasteiger partial charge is 0.358 e. The monoisotopic (exact) mass is 458 g/mol. The van der Waals surface area contributed by atoms with Gasteiger partial charge in [-0.1, -0.05) is 18.2 Å². The third-order valence-corrected chi connectivity index (χ3v) is 5.63. The van der Waals surface area contributed by atoms with Crippen molar-refractivity contribution in [3.05, 3.63) is 41.1 Å². The number of amides is 1. The van der Waals surface area contributed by atoms with Crippen LogP contribution in [0.3, 0.4) is 0 Å². The van der Waals surface area contributed by atoms with E-state index in [0.29, 0.717) is 17.6 Å². The molecule has 0 bridgehead atoms. The number of benzene rings is 1. The van der Waals surface area contributed by atoms with Crippen LogP contribution in [0.4, 0.5) is 0 Å². The quantitative estimate of drug-likeness (QED) is 0.179. The van der Waals surface area contributed by atoms with Crippen LogP contribution in [0, 0.1) is 11.3 Å². The number of carbonyl (C=O) groups excluding carboxylic acids is 3. The summed E-state index contributed by atoms with van der Waals surface area (Å²) < 4.78 is 10.2. The number of nitrogens with zero attached hydrogens (tertiary/aromatic N) is 2. The molecule has 2 heterocycles. The molecule has 3 rings (SSSR count). The summed E-state index contributed by atoms with van der Waals surface area (Å²) in [5, 5.41) is 10.0. The number of nitrogens with two attached hydrogens (primary N) is 2. The van der Waals surface area contributed by atoms with E-state index in [2.05, 4.69) is 4.99 Å². The first kappa shape index (κ1) is 24.2. The third-order valence-electron chi connectivity index (χ3n) is 5.63. The minimum atomic E-state index is -0.851. The molecular weight excluding hydrogens is 428 g/mol. The van der Waals surface area contributed by atoms with Crippen LogP contribution in [-0.4, -0.2) is 52.8 Å². The average molecular weight is 459 g/mol. The molecule has 1 aromatic carbocycles. The third kappa shape index (κ3) is 5.00. The minimum Gasteiger partial charge on any atom is -0.427 e. The standard InChI is InChI=1S/C23H30N4O6/c1-12(28)17-16-9-15(14-7-5-6-13(8-14)10-26-22(24)25)18(27(16)19(17)29)20(30)32-11-33-21(31)23(2,3)4/h5-8,12,16-17,28H,9-11H2,1-4H3,(H4,24,25,26)/t12-,16-,17-/m1/s1. The number of aliphatic imine (C=N–C) groups is 1. The zero-order valence-corrected chi connectivity index (χ0v) is 19.2. The fourth-order valence-corrected chi connectivity index (χ4v) is 3.98. The van der Waals surface area contributed by atoms with Gasteiger partial charge in [0.1, 0.15) is 5.70 Å². The van der Waals surface area contributed by atoms with E-state index in [0.717, 1.165) is 5.56 Å². The summed E-state index contributed by atoms with van der Waals surface area (Å²) in [6, 6.07) is 6.94. The SMILES string of the molecule is C[C@@H](O)[C@H]1C(=O)N2C(C(=O)OCOC(=O)C(C)(C)C)=C(c3cccc(CN=C(N)N)c3)C[C@H]12. The van der Waals surface area contributed by atoms with Gasteiger partial charge in [-0.15, -0.1) is 0 Å². The molecule has 2 aliphatic rings. The second-order valence-corrected chi connectivity index (χ2v) is 9.25. The second-order valence-electron chi connectivity index (χ2n) is 9.25. The van der Waals surface area contributed by atoms with Gasteiger partial charge < -0.3 is 30.9 Å². The lowest BCUT2D eigenvalue weighted by Gasteiger charge is -2.44. The molecule has 1 amide bonds. The van der Waals surface area contributed by atoms with Gasteiger partial charge in [0.2, 0.25) is 12.7 Å². The van der Waals surface area contributed by atoms with Gasteiger partial charge in [0.05, 0.1) is 30.0 Å². The maximum absolute atomic E-state index is 13.0. The molecule has 3 atom stereocenters. The van der Waals surface area contributed by atoms with E-state index in [1.54, 1.807) is 33.8 Å². The Morgan fingerprint density at radius 2 is 1.97 bits per heavy atom. The lowest BCUT2D eigenvalue weighted by Crippen LogP contribution is -2.61. The predicted molar refractivity (Wildman–Crippen MR) is 120 cm³/mol. The molecule has 0 radical (unpaired) electrons. The second kappa shape index (κ2) is 9.22. The van der Waals surface area contributed by atoms with Crippen LogP contribution in [0.5, 0.6) is 0 Å². The highest BCUT2D eigenvalue weighted by Crippen LogP contribution is 2.47. The number of β-lactam (4-membered cyclic amide) rings is 1. The first-order chi connectivity index (χ1) is 15.4. The molecule has 0 aliphatic carbocycles. The first-order valence-electron chi connectivity index (χ1n) is 10.6. The molecule has 0 aromatic heterocycles. The van der Waals surface area contributed by atoms with Crippen LogP contribution in [0.15, 0.2) is 35.0 Å². The van der Waals surface area contributed by atoms with Crippen molar-refractivity contribution < 1.29 is 29.0 Å². The van der Waals surface area contributed by atoms with Crippen LogP contribution in [0.25, 0.3) is 5.57 Å². The van der Waals surface area contributed by atoms with Crippen molar-refractivity contribution in [2.45, 2.75) is 52.8 Å². The van der Waals surface area contributed by atoms with Crippen molar-refractivity contribution in [1.29, 1.82) is 0 Å². The average Bonchev–Trinajstić information content (AvgIpc) is 3.06. The first-order valence-corrected chi connectivity index (χ1v) is 10.6. The van der Waals surface area contributed by atoms with Gasteiger partial charge in [0.15, 0.2) is 5.96 Å². The number of carbonyl (C=O) groups is 3. The van der Waals surface area contributed by atoms with E-state index in [4.69, 9.17) is 20.9 Å². The van der Waals surface area contributed by atoms with E-state index < -0.39 is 36.2 Å². The Morgan fingerprint density at radius 3 is 2.58 bits per heavy atom. The van der Waals surface area contributed by atoms with Gasteiger partial charge in [-0.3, -0.25) is 9.59 Å². The number of ether oxygens (including phenoxy) is 2. The highest BCUT2D eigenvalue weighted by Gasteiger charge is 2.57. The molecule has 10 nitrogen and oxygen atoms in total. The summed E-state index contributed by atoms with van der Waals surface area (Å²) in [5.74, 6) is -2.28. The maximum Gasteiger partial charge on any atom is 0.358 e. The molecule has 2 aliphatic heterocycles. The maximum atomic E-state index is 13.0. The predicted octanol–water partition coefficient (Wildman–Crippen LogP) is 0.873. The number of hydrogen-bond donors (Lipinski definition) is 3. The van der Waals surface area contributed by atoms with Crippen molar-refractivity contribution in [1.82, 2.24) is 4.90 Å². The van der Waals surface area contributed by atoms with Crippen molar-refractivity contribution in [2.75, 3.05) is 6.79 Å². The molecule has 0 unspecified atom stereocenters. The number of aliphatic hydroxyl groups is 1. The van der Waals surface area contributed by atoms with Crippen LogP contribution < -0.4 is 11.5 Å². The summed E-state index contributed by atoms with van der Waals surface area (Å²) in [6.07, 6.45) is -0.476. The van der Waals surface area contributed by atoms with Gasteiger partial charge >= 0.3 is 11.9 Å². The summed E-state index contributed by atoms with van der Waals surface area (Å²) in [7, 11) is 0. The van der Waals surface area contributed by atoms with E-state index >= 15 is 0 Å². The van der Waals surface area contributed by atoms with Crippen LogP contribution >= 0.6 is 0 Å². The van der Waals surface area contributed by atoms with Gasteiger partial charge in [-0.25, -0.2) is 9.79 Å². The largest absolute Gasteiger partial charge is 0.427 e. The molecule has 5 N–H and O–H groups in total. The van der Waals surface area contributed by atoms with Gasteiger partial charge in [0.25, 0.3) is 0 Å². The molecule has 33 heavy (non-hydrogen) atoms. The Hall–Kier alpha value is -3.40. The van der Waals surface area contributed by atoms with E-state index in [-0.39, 0.29) is 30.2 Å². The van der Waals surface area contributed by atoms with Crippen molar-refractivity contribution in [3.8, 4) is 0 Å². The fourth-order valence-electron chi connectivity index (χ4n) is 3.98. The number of guanidine groups is 1. The van der Waals surface area contributed by atoms with Crippen LogP contribution in [0.1, 0.15) is 45.2 Å². The van der Waals surface area contributed by atoms with E-state index in [1.165, 1.54) is 4.90 Å². The van der Waals surface area contributed by atoms with Crippen molar-refractivity contribution in [3.63, 3.8) is 0 Å². The van der Waals surface area contributed by atoms with Crippen molar-refractivity contribution >= 4 is 29.4 Å². The van der Waals surface area contributed by atoms with Gasteiger partial charge in [0, 0.05) is 0 Å². The minimum absolute atomic E-state index is 0.0379. The molecule has 0 spiro atoms. The normalized spacial score (nSPS) is 20.6. The number of fused-ring (bicyclic) bond motifs is 1. The number of hydrogen-bond acceptors (Lipinski definition) is 7. The zero-order chi connectivity index (χ0) is 24.5. The molecule has 1 aromatic rings. The van der Waals surface area contributed by atoms with Crippen LogP contribution in [0.2, 0.25) is 0 Å². The Kier molecular flexibility index (Phi) is 6.78. The van der Waals surface area contributed by atoms with Gasteiger partial charge in [-0.2, -0.15) is 0 Å². The topological polar surface area (TPSA) is 158 Å². The number of aliphatic hydroxyl groups excluding tert-OH is 1. The highest BCUT2D eigenvalue weighted by molar-refractivity contribution is 6.06. The van der Waals surface area contributed by atoms with Gasteiger partial charge in [-0.05, 0) is 56.9 Å². The Morgan fingerprint density at radius 1 is 1.27 bits per heavy atom. The molecule has 1 fully saturated rings. The Bertz CT molecular complexity index is 1020. The molecule has 1 saturated heterocycles. The fraction of sp³-hybridized carbons (Fsp3) is 0.478. The van der Waals surface area contributed by atoms with Crippen molar-refractivity contribution in [2.24, 2.45) is 27.8 Å². The van der Waals surface area contributed by atoms with E-state index in [1.807, 2.05) is 18.2 Å². The Labute approximate surface area is 192 Å². The lowest BCUT2D eigenvalue weighted by molar-refractivity contribution is -0.175. The summed E-state index contributed by atoms with van der Waals surface area (Å²) in [5.41, 5.74) is 12.3. The summed E-state index contributed by atoms with van der Waals surface area (Å²) in [6.45, 7) is 6.30. The number of esters is 2. The molecule has 0 saturated carbocycles. The number of rotatable bonds is 7. The zero-order valence-electron chi connectivity index (χ0n) is 19.2. The molecule has 10 heteroatoms. The molecular formula is C23H30N4O6. The highest BCUT2D eigenvalue weighted by atomic mass is 16.7. The Balaban J connectivity index is 1.88. The van der Waals surface area contributed by atoms with E-state index in [9.17, 15) is 19.5 Å². The van der Waals surface area contributed by atoms with Crippen LogP contribution in [-0.2, 0) is 30.4 Å². The lowest BCUT2D eigenvalue weighted by atomic mass is 9.82. The molecule has 178 valence electrons.